The lowest BCUT2D eigenvalue weighted by Gasteiger charge is -2.18. The Morgan fingerprint density at radius 2 is 1.56 bits per heavy atom. The molecule has 25 heavy (non-hydrogen) atoms. The first kappa shape index (κ1) is 15.2. The maximum absolute atomic E-state index is 12.7. The lowest BCUT2D eigenvalue weighted by molar-refractivity contribution is -0.113. The van der Waals surface area contributed by atoms with E-state index in [9.17, 15) is 4.79 Å². The van der Waals surface area contributed by atoms with Crippen molar-refractivity contribution in [2.45, 2.75) is 0 Å². The zero-order valence-corrected chi connectivity index (χ0v) is 13.6. The average Bonchev–Trinajstić information content (AvgIpc) is 2.68. The molecule has 0 fully saturated rings. The maximum atomic E-state index is 12.7. The third-order valence-electron chi connectivity index (χ3n) is 4.18. The van der Waals surface area contributed by atoms with Gasteiger partial charge in [-0.3, -0.25) is 4.79 Å². The van der Waals surface area contributed by atoms with Crippen molar-refractivity contribution in [2.75, 3.05) is 11.9 Å². The van der Waals surface area contributed by atoms with Crippen molar-refractivity contribution in [2.24, 2.45) is 0 Å². The quantitative estimate of drug-likeness (QED) is 0.752. The van der Waals surface area contributed by atoms with Crippen LogP contribution in [0, 0.1) is 0 Å². The molecule has 0 spiro atoms. The minimum Gasteiger partial charge on any atom is -0.488 e. The van der Waals surface area contributed by atoms with E-state index in [1.54, 1.807) is 0 Å². The number of para-hydroxylation sites is 2. The molecule has 1 N–H and O–H groups in total. The number of fused-ring (bicyclic) bond motifs is 1. The number of rotatable bonds is 3. The zero-order valence-electron chi connectivity index (χ0n) is 13.6. The topological polar surface area (TPSA) is 38.3 Å². The van der Waals surface area contributed by atoms with Crippen molar-refractivity contribution in [1.29, 1.82) is 0 Å². The summed E-state index contributed by atoms with van der Waals surface area (Å²) in [6.07, 6.45) is 1.89. The van der Waals surface area contributed by atoms with Gasteiger partial charge < -0.3 is 10.1 Å². The number of nitrogens with one attached hydrogen (secondary N) is 1. The summed E-state index contributed by atoms with van der Waals surface area (Å²) in [5.74, 6) is 0.668. The van der Waals surface area contributed by atoms with E-state index in [2.05, 4.69) is 5.32 Å². The molecule has 0 aromatic heterocycles. The molecule has 3 heteroatoms. The van der Waals surface area contributed by atoms with Crippen molar-refractivity contribution in [3.63, 3.8) is 0 Å². The predicted molar refractivity (Wildman–Crippen MR) is 100 cm³/mol. The second-order valence-corrected chi connectivity index (χ2v) is 5.86. The highest BCUT2D eigenvalue weighted by molar-refractivity contribution is 6.09. The Morgan fingerprint density at radius 1 is 0.840 bits per heavy atom. The van der Waals surface area contributed by atoms with Crippen LogP contribution in [0.3, 0.4) is 0 Å². The summed E-state index contributed by atoms with van der Waals surface area (Å²) in [4.78, 5) is 12.7. The average molecular weight is 327 g/mol. The van der Waals surface area contributed by atoms with Crippen LogP contribution in [-0.4, -0.2) is 12.5 Å². The van der Waals surface area contributed by atoms with Gasteiger partial charge >= 0.3 is 0 Å². The molecule has 0 saturated heterocycles. The number of hydrogen-bond donors (Lipinski definition) is 1. The van der Waals surface area contributed by atoms with Crippen molar-refractivity contribution < 1.29 is 9.53 Å². The Morgan fingerprint density at radius 3 is 2.44 bits per heavy atom. The van der Waals surface area contributed by atoms with Crippen molar-refractivity contribution >= 4 is 17.7 Å². The van der Waals surface area contributed by atoms with Crippen LogP contribution in [0.5, 0.6) is 5.75 Å². The molecule has 3 aromatic carbocycles. The largest absolute Gasteiger partial charge is 0.488 e. The van der Waals surface area contributed by atoms with E-state index in [0.717, 1.165) is 28.1 Å². The lowest BCUT2D eigenvalue weighted by Crippen LogP contribution is -2.21. The minimum atomic E-state index is -0.141. The van der Waals surface area contributed by atoms with Crippen LogP contribution in [0.2, 0.25) is 0 Å². The molecule has 1 heterocycles. The molecule has 0 bridgehead atoms. The van der Waals surface area contributed by atoms with Gasteiger partial charge in [-0.2, -0.15) is 0 Å². The van der Waals surface area contributed by atoms with Gasteiger partial charge in [-0.05, 0) is 23.8 Å². The third kappa shape index (κ3) is 3.17. The van der Waals surface area contributed by atoms with E-state index in [0.29, 0.717) is 5.57 Å². The maximum Gasteiger partial charge on any atom is 0.255 e. The van der Waals surface area contributed by atoms with Gasteiger partial charge in [0, 0.05) is 16.8 Å². The van der Waals surface area contributed by atoms with Crippen molar-refractivity contribution in [3.05, 3.63) is 90.0 Å². The molecular formula is C22H17NO2. The first-order valence-electron chi connectivity index (χ1n) is 8.19. The molecule has 1 aliphatic rings. The molecule has 1 amide bonds. The molecule has 4 rings (SSSR count). The van der Waals surface area contributed by atoms with Gasteiger partial charge in [0.1, 0.15) is 12.4 Å². The predicted octanol–water partition coefficient (Wildman–Crippen LogP) is 4.77. The molecule has 0 atom stereocenters. The first-order valence-corrected chi connectivity index (χ1v) is 8.19. The SMILES string of the molecule is O=C(Nc1ccccc1-c1ccccc1)C1=Cc2ccccc2OC1. The number of ether oxygens (including phenoxy) is 1. The number of anilines is 1. The number of benzene rings is 3. The smallest absolute Gasteiger partial charge is 0.255 e. The monoisotopic (exact) mass is 327 g/mol. The van der Waals surface area contributed by atoms with Crippen LogP contribution in [0.4, 0.5) is 5.69 Å². The number of carbonyl (C=O) groups excluding carboxylic acids is 1. The van der Waals surface area contributed by atoms with Gasteiger partial charge in [0.15, 0.2) is 0 Å². The van der Waals surface area contributed by atoms with Crippen molar-refractivity contribution in [1.82, 2.24) is 0 Å². The summed E-state index contributed by atoms with van der Waals surface area (Å²) in [6.45, 7) is 0.274. The highest BCUT2D eigenvalue weighted by Crippen LogP contribution is 2.29. The molecule has 0 saturated carbocycles. The van der Waals surface area contributed by atoms with Gasteiger partial charge in [-0.1, -0.05) is 66.7 Å². The van der Waals surface area contributed by atoms with Crippen molar-refractivity contribution in [3.8, 4) is 16.9 Å². The van der Waals surface area contributed by atoms with Gasteiger partial charge in [-0.15, -0.1) is 0 Å². The second-order valence-electron chi connectivity index (χ2n) is 5.86. The van der Waals surface area contributed by atoms with Crippen LogP contribution in [0.1, 0.15) is 5.56 Å². The third-order valence-corrected chi connectivity index (χ3v) is 4.18. The molecular weight excluding hydrogens is 310 g/mol. The van der Waals surface area contributed by atoms with E-state index in [-0.39, 0.29) is 12.5 Å². The summed E-state index contributed by atoms with van der Waals surface area (Å²) >= 11 is 0. The minimum absolute atomic E-state index is 0.141. The fraction of sp³-hybridized carbons (Fsp3) is 0.0455. The molecule has 3 aromatic rings. The molecule has 3 nitrogen and oxygen atoms in total. The molecule has 0 unspecified atom stereocenters. The van der Waals surface area contributed by atoms with E-state index >= 15 is 0 Å². The normalized spacial score (nSPS) is 12.6. The van der Waals surface area contributed by atoms with E-state index in [1.807, 2.05) is 84.9 Å². The number of carbonyl (C=O) groups is 1. The highest BCUT2D eigenvalue weighted by atomic mass is 16.5. The van der Waals surface area contributed by atoms with Gasteiger partial charge in [0.25, 0.3) is 5.91 Å². The van der Waals surface area contributed by atoms with Crippen LogP contribution < -0.4 is 10.1 Å². The molecule has 1 aliphatic heterocycles. The van der Waals surface area contributed by atoms with Crippen LogP contribution in [-0.2, 0) is 4.79 Å². The Balaban J connectivity index is 1.62. The molecule has 0 radical (unpaired) electrons. The highest BCUT2D eigenvalue weighted by Gasteiger charge is 2.18. The summed E-state index contributed by atoms with van der Waals surface area (Å²) in [5, 5.41) is 3.02. The lowest BCUT2D eigenvalue weighted by atomic mass is 10.0. The number of hydrogen-bond acceptors (Lipinski definition) is 2. The van der Waals surface area contributed by atoms with Gasteiger partial charge in [0.2, 0.25) is 0 Å². The zero-order chi connectivity index (χ0) is 17.1. The Labute approximate surface area is 146 Å². The Bertz CT molecular complexity index is 945. The Hall–Kier alpha value is -3.33. The number of amides is 1. The fourth-order valence-electron chi connectivity index (χ4n) is 2.91. The first-order chi connectivity index (χ1) is 12.3. The van der Waals surface area contributed by atoms with Crippen LogP contribution in [0.15, 0.2) is 84.4 Å². The van der Waals surface area contributed by atoms with Crippen LogP contribution >= 0.6 is 0 Å². The second kappa shape index (κ2) is 6.65. The van der Waals surface area contributed by atoms with E-state index < -0.39 is 0 Å². The molecule has 0 aliphatic carbocycles. The summed E-state index contributed by atoms with van der Waals surface area (Å²) in [6, 6.07) is 25.5. The van der Waals surface area contributed by atoms with Crippen LogP contribution in [0.25, 0.3) is 17.2 Å². The fourth-order valence-corrected chi connectivity index (χ4v) is 2.91. The summed E-state index contributed by atoms with van der Waals surface area (Å²) < 4.78 is 5.68. The standard InChI is InChI=1S/C22H17NO2/c24-22(18-14-17-10-4-7-13-21(17)25-15-18)23-20-12-6-5-11-19(20)16-8-2-1-3-9-16/h1-14H,15H2,(H,23,24). The molecule has 122 valence electrons. The summed E-state index contributed by atoms with van der Waals surface area (Å²) in [5.41, 5.74) is 4.39. The summed E-state index contributed by atoms with van der Waals surface area (Å²) in [7, 11) is 0. The Kier molecular flexibility index (Phi) is 4.05. The van der Waals surface area contributed by atoms with Gasteiger partial charge in [-0.25, -0.2) is 0 Å². The van der Waals surface area contributed by atoms with E-state index in [4.69, 9.17) is 4.74 Å². The van der Waals surface area contributed by atoms with E-state index in [1.165, 1.54) is 0 Å². The van der Waals surface area contributed by atoms with Gasteiger partial charge in [0.05, 0.1) is 5.57 Å².